The molecular formula is C18H37Cl2N3O2. The van der Waals surface area contributed by atoms with Crippen molar-refractivity contribution in [1.82, 2.24) is 10.2 Å². The smallest absolute Gasteiger partial charge is 0.237 e. The van der Waals surface area contributed by atoms with Gasteiger partial charge in [-0.25, -0.2) is 0 Å². The standard InChI is InChI=1S/C18H35N3O2.2ClH/c1-17(2,3)15(19)16(22)20-13-18(7-5-4-6-8-18)14-21-9-11-23-12-10-21;;/h15H,4-14,19H2,1-3H3,(H,20,22);2*1H/t15-;;/m1../s1. The fraction of sp³-hybridized carbons (Fsp3) is 0.944. The number of morpholine rings is 1. The third kappa shape index (κ3) is 7.59. The lowest BCUT2D eigenvalue weighted by atomic mass is 9.73. The second-order valence-electron chi connectivity index (χ2n) is 8.51. The molecule has 0 spiro atoms. The Balaban J connectivity index is 0.00000288. The quantitative estimate of drug-likeness (QED) is 0.747. The molecule has 0 aromatic rings. The fourth-order valence-electron chi connectivity index (χ4n) is 3.70. The zero-order valence-corrected chi connectivity index (χ0v) is 17.6. The summed E-state index contributed by atoms with van der Waals surface area (Å²) in [5, 5.41) is 3.17. The predicted molar refractivity (Wildman–Crippen MR) is 108 cm³/mol. The maximum atomic E-state index is 12.4. The van der Waals surface area contributed by atoms with E-state index in [9.17, 15) is 4.79 Å². The van der Waals surface area contributed by atoms with E-state index in [1.807, 2.05) is 20.8 Å². The van der Waals surface area contributed by atoms with E-state index in [0.717, 1.165) is 39.4 Å². The number of nitrogens with one attached hydrogen (secondary N) is 1. The third-order valence-corrected chi connectivity index (χ3v) is 5.43. The van der Waals surface area contributed by atoms with Crippen LogP contribution in [0.1, 0.15) is 52.9 Å². The molecule has 0 bridgehead atoms. The van der Waals surface area contributed by atoms with Crippen molar-refractivity contribution < 1.29 is 9.53 Å². The molecule has 3 N–H and O–H groups in total. The van der Waals surface area contributed by atoms with Gasteiger partial charge in [0.05, 0.1) is 19.3 Å². The minimum absolute atomic E-state index is 0. The molecule has 150 valence electrons. The molecule has 0 radical (unpaired) electrons. The van der Waals surface area contributed by atoms with Gasteiger partial charge in [-0.1, -0.05) is 40.0 Å². The summed E-state index contributed by atoms with van der Waals surface area (Å²) in [4.78, 5) is 14.9. The second kappa shape index (κ2) is 10.9. The molecule has 2 aliphatic rings. The van der Waals surface area contributed by atoms with Crippen LogP contribution in [0.5, 0.6) is 0 Å². The van der Waals surface area contributed by atoms with E-state index in [1.54, 1.807) is 0 Å². The van der Waals surface area contributed by atoms with Crippen molar-refractivity contribution in [3.8, 4) is 0 Å². The van der Waals surface area contributed by atoms with Gasteiger partial charge in [0.2, 0.25) is 5.91 Å². The summed E-state index contributed by atoms with van der Waals surface area (Å²) in [5.41, 5.74) is 6.11. The topological polar surface area (TPSA) is 67.6 Å². The summed E-state index contributed by atoms with van der Waals surface area (Å²) in [6.45, 7) is 11.6. The van der Waals surface area contributed by atoms with Crippen molar-refractivity contribution in [2.45, 2.75) is 58.9 Å². The molecule has 5 nitrogen and oxygen atoms in total. The molecule has 1 atom stereocenters. The van der Waals surface area contributed by atoms with Crippen LogP contribution in [0.4, 0.5) is 0 Å². The number of amides is 1. The van der Waals surface area contributed by atoms with Crippen LogP contribution in [0.15, 0.2) is 0 Å². The Hall–Kier alpha value is -0.0700. The number of carbonyl (C=O) groups excluding carboxylic acids is 1. The lowest BCUT2D eigenvalue weighted by molar-refractivity contribution is -0.125. The molecule has 1 saturated heterocycles. The zero-order valence-electron chi connectivity index (χ0n) is 16.0. The maximum Gasteiger partial charge on any atom is 0.237 e. The summed E-state index contributed by atoms with van der Waals surface area (Å²) in [6, 6.07) is -0.452. The molecule has 0 aromatic carbocycles. The van der Waals surface area contributed by atoms with Crippen LogP contribution in [-0.4, -0.2) is 56.2 Å². The first kappa shape index (κ1) is 24.9. The average molecular weight is 398 g/mol. The van der Waals surface area contributed by atoms with E-state index in [2.05, 4.69) is 10.2 Å². The number of ether oxygens (including phenoxy) is 1. The van der Waals surface area contributed by atoms with E-state index >= 15 is 0 Å². The minimum atomic E-state index is -0.452. The van der Waals surface area contributed by atoms with E-state index in [-0.39, 0.29) is 41.6 Å². The Morgan fingerprint density at radius 3 is 2.24 bits per heavy atom. The highest BCUT2D eigenvalue weighted by molar-refractivity contribution is 5.85. The van der Waals surface area contributed by atoms with Gasteiger partial charge >= 0.3 is 0 Å². The molecular weight excluding hydrogens is 361 g/mol. The van der Waals surface area contributed by atoms with Gasteiger partial charge in [0.25, 0.3) is 0 Å². The Bertz CT molecular complexity index is 390. The lowest BCUT2D eigenvalue weighted by Gasteiger charge is -2.42. The SMILES string of the molecule is CC(C)(C)[C@H](N)C(=O)NCC1(CN2CCOCC2)CCCCC1.Cl.Cl. The Morgan fingerprint density at radius 2 is 1.72 bits per heavy atom. The molecule has 1 aliphatic heterocycles. The van der Waals surface area contributed by atoms with E-state index in [1.165, 1.54) is 32.1 Å². The molecule has 2 rings (SSSR count). The van der Waals surface area contributed by atoms with Crippen molar-refractivity contribution in [2.75, 3.05) is 39.4 Å². The van der Waals surface area contributed by atoms with Crippen LogP contribution >= 0.6 is 24.8 Å². The summed E-state index contributed by atoms with van der Waals surface area (Å²) in [7, 11) is 0. The van der Waals surface area contributed by atoms with Gasteiger partial charge in [-0.3, -0.25) is 9.69 Å². The summed E-state index contributed by atoms with van der Waals surface area (Å²) >= 11 is 0. The molecule has 1 heterocycles. The molecule has 2 fully saturated rings. The van der Waals surface area contributed by atoms with Crippen LogP contribution in [0.25, 0.3) is 0 Å². The fourth-order valence-corrected chi connectivity index (χ4v) is 3.70. The first-order chi connectivity index (χ1) is 10.8. The van der Waals surface area contributed by atoms with E-state index in [4.69, 9.17) is 10.5 Å². The molecule has 1 amide bonds. The maximum absolute atomic E-state index is 12.4. The van der Waals surface area contributed by atoms with Crippen LogP contribution in [0.2, 0.25) is 0 Å². The molecule has 25 heavy (non-hydrogen) atoms. The Labute approximate surface area is 165 Å². The number of nitrogens with two attached hydrogens (primary N) is 1. The minimum Gasteiger partial charge on any atom is -0.379 e. The number of halogens is 2. The van der Waals surface area contributed by atoms with Gasteiger partial charge < -0.3 is 15.8 Å². The normalized spacial score (nSPS) is 22.2. The van der Waals surface area contributed by atoms with Crippen LogP contribution in [0, 0.1) is 10.8 Å². The first-order valence-electron chi connectivity index (χ1n) is 9.16. The van der Waals surface area contributed by atoms with Crippen molar-refractivity contribution in [3.05, 3.63) is 0 Å². The molecule has 0 aromatic heterocycles. The summed E-state index contributed by atoms with van der Waals surface area (Å²) in [6.07, 6.45) is 6.27. The largest absolute Gasteiger partial charge is 0.379 e. The average Bonchev–Trinajstić information content (AvgIpc) is 2.53. The highest BCUT2D eigenvalue weighted by atomic mass is 35.5. The highest BCUT2D eigenvalue weighted by Crippen LogP contribution is 2.37. The van der Waals surface area contributed by atoms with Gasteiger partial charge in [0, 0.05) is 31.6 Å². The van der Waals surface area contributed by atoms with Gasteiger partial charge in [0.1, 0.15) is 0 Å². The molecule has 1 saturated carbocycles. The summed E-state index contributed by atoms with van der Waals surface area (Å²) < 4.78 is 5.46. The molecule has 1 aliphatic carbocycles. The van der Waals surface area contributed by atoms with Gasteiger partial charge in [-0.05, 0) is 18.3 Å². The second-order valence-corrected chi connectivity index (χ2v) is 8.51. The number of rotatable bonds is 5. The van der Waals surface area contributed by atoms with Gasteiger partial charge in [-0.15, -0.1) is 24.8 Å². The number of hydrogen-bond donors (Lipinski definition) is 2. The van der Waals surface area contributed by atoms with Crippen LogP contribution in [0.3, 0.4) is 0 Å². The zero-order chi connectivity index (χ0) is 16.9. The van der Waals surface area contributed by atoms with Crippen molar-refractivity contribution >= 4 is 30.7 Å². The number of hydrogen-bond acceptors (Lipinski definition) is 4. The Kier molecular flexibility index (Phi) is 10.9. The number of carbonyl (C=O) groups is 1. The summed E-state index contributed by atoms with van der Waals surface area (Å²) in [5.74, 6) is -0.00979. The van der Waals surface area contributed by atoms with Gasteiger partial charge in [0.15, 0.2) is 0 Å². The van der Waals surface area contributed by atoms with Gasteiger partial charge in [-0.2, -0.15) is 0 Å². The monoisotopic (exact) mass is 397 g/mol. The van der Waals surface area contributed by atoms with Crippen molar-refractivity contribution in [2.24, 2.45) is 16.6 Å². The van der Waals surface area contributed by atoms with E-state index in [0.29, 0.717) is 0 Å². The Morgan fingerprint density at radius 1 is 1.16 bits per heavy atom. The predicted octanol–water partition coefficient (Wildman–Crippen LogP) is 2.60. The highest BCUT2D eigenvalue weighted by Gasteiger charge is 2.36. The lowest BCUT2D eigenvalue weighted by Crippen LogP contribution is -2.54. The third-order valence-electron chi connectivity index (χ3n) is 5.43. The number of nitrogens with zero attached hydrogens (tertiary/aromatic N) is 1. The van der Waals surface area contributed by atoms with Crippen molar-refractivity contribution in [1.29, 1.82) is 0 Å². The van der Waals surface area contributed by atoms with Crippen LogP contribution in [-0.2, 0) is 9.53 Å². The molecule has 0 unspecified atom stereocenters. The van der Waals surface area contributed by atoms with Crippen LogP contribution < -0.4 is 11.1 Å². The first-order valence-corrected chi connectivity index (χ1v) is 9.16. The van der Waals surface area contributed by atoms with Crippen molar-refractivity contribution in [3.63, 3.8) is 0 Å². The molecule has 7 heteroatoms. The van der Waals surface area contributed by atoms with E-state index < -0.39 is 6.04 Å².